The monoisotopic (exact) mass is 456 g/mol. The van der Waals surface area contributed by atoms with Gasteiger partial charge in [0, 0.05) is 26.9 Å². The Balaban J connectivity index is 1.49. The highest BCUT2D eigenvalue weighted by Gasteiger charge is 2.00. The third kappa shape index (κ3) is 12.5. The predicted octanol–water partition coefficient (Wildman–Crippen LogP) is 3.30. The predicted molar refractivity (Wildman–Crippen MR) is 129 cm³/mol. The van der Waals surface area contributed by atoms with Crippen LogP contribution in [0.25, 0.3) is 0 Å². The van der Waals surface area contributed by atoms with Crippen LogP contribution in [0.3, 0.4) is 0 Å². The molecule has 2 N–H and O–H groups in total. The van der Waals surface area contributed by atoms with Gasteiger partial charge in [0.05, 0.1) is 13.2 Å². The molecule has 0 aliphatic rings. The van der Waals surface area contributed by atoms with Crippen molar-refractivity contribution >= 4 is 11.8 Å². The van der Waals surface area contributed by atoms with Gasteiger partial charge in [-0.3, -0.25) is 9.59 Å². The minimum atomic E-state index is 0.00833. The van der Waals surface area contributed by atoms with E-state index in [0.29, 0.717) is 39.5 Å². The van der Waals surface area contributed by atoms with Gasteiger partial charge < -0.3 is 24.8 Å². The zero-order valence-corrected chi connectivity index (χ0v) is 19.7. The molecule has 2 amide bonds. The van der Waals surface area contributed by atoms with Gasteiger partial charge in [0.1, 0.15) is 24.7 Å². The van der Waals surface area contributed by atoms with E-state index in [9.17, 15) is 9.59 Å². The number of benzene rings is 2. The molecular weight excluding hydrogens is 420 g/mol. The number of rotatable bonds is 16. The Morgan fingerprint density at radius 1 is 0.636 bits per heavy atom. The number of nitrogens with one attached hydrogen (secondary N) is 2. The van der Waals surface area contributed by atoms with Crippen molar-refractivity contribution in [2.45, 2.75) is 39.5 Å². The summed E-state index contributed by atoms with van der Waals surface area (Å²) in [6.07, 6.45) is 3.68. The highest BCUT2D eigenvalue weighted by Crippen LogP contribution is 2.14. The first-order chi connectivity index (χ1) is 16.0. The Bertz CT molecular complexity index is 752. The molecule has 0 saturated heterocycles. The first-order valence-electron chi connectivity index (χ1n) is 11.5. The third-order valence-electron chi connectivity index (χ3n) is 4.87. The first-order valence-corrected chi connectivity index (χ1v) is 11.5. The van der Waals surface area contributed by atoms with Gasteiger partial charge in [0.15, 0.2) is 0 Å². The first kappa shape index (κ1) is 26.2. The molecule has 0 spiro atoms. The molecule has 7 nitrogen and oxygen atoms in total. The average molecular weight is 457 g/mol. The van der Waals surface area contributed by atoms with Crippen molar-refractivity contribution in [1.29, 1.82) is 0 Å². The van der Waals surface area contributed by atoms with Crippen LogP contribution in [0.15, 0.2) is 48.5 Å². The fraction of sp³-hybridized carbons (Fsp3) is 0.462. The molecule has 33 heavy (non-hydrogen) atoms. The maximum Gasteiger partial charge on any atom is 0.216 e. The molecular formula is C26H36N2O5. The van der Waals surface area contributed by atoms with Crippen LogP contribution in [0, 0.1) is 0 Å². The maximum absolute atomic E-state index is 10.9. The second kappa shape index (κ2) is 15.7. The van der Waals surface area contributed by atoms with Gasteiger partial charge >= 0.3 is 0 Å². The highest BCUT2D eigenvalue weighted by atomic mass is 16.5. The molecule has 2 aromatic carbocycles. The highest BCUT2D eigenvalue weighted by molar-refractivity contribution is 5.73. The quantitative estimate of drug-likeness (QED) is 0.379. The average Bonchev–Trinajstić information content (AvgIpc) is 2.80. The Morgan fingerprint density at radius 3 is 1.39 bits per heavy atom. The lowest BCUT2D eigenvalue weighted by Gasteiger charge is -2.10. The summed E-state index contributed by atoms with van der Waals surface area (Å²) in [6.45, 7) is 6.40. The maximum atomic E-state index is 10.9. The lowest BCUT2D eigenvalue weighted by molar-refractivity contribution is -0.119. The molecule has 0 unspecified atom stereocenters. The van der Waals surface area contributed by atoms with E-state index in [1.54, 1.807) is 0 Å². The molecule has 2 rings (SSSR count). The number of aryl methyl sites for hydroxylation is 2. The van der Waals surface area contributed by atoms with Crippen molar-refractivity contribution in [3.05, 3.63) is 59.7 Å². The van der Waals surface area contributed by atoms with E-state index in [4.69, 9.17) is 14.2 Å². The number of carbonyl (C=O) groups is 2. The summed E-state index contributed by atoms with van der Waals surface area (Å²) < 4.78 is 17.0. The number of hydrogen-bond donors (Lipinski definition) is 2. The SMILES string of the molecule is CC(=O)NCCCc1ccc(OCCOCCOc2ccc(CCCNC(C)=O)cc2)cc1. The summed E-state index contributed by atoms with van der Waals surface area (Å²) in [5, 5.41) is 5.60. The van der Waals surface area contributed by atoms with Gasteiger partial charge in [-0.25, -0.2) is 0 Å². The van der Waals surface area contributed by atoms with E-state index in [2.05, 4.69) is 10.6 Å². The molecule has 0 heterocycles. The van der Waals surface area contributed by atoms with Crippen LogP contribution < -0.4 is 20.1 Å². The summed E-state index contributed by atoms with van der Waals surface area (Å²) in [4.78, 5) is 21.7. The molecule has 0 saturated carbocycles. The Kier molecular flexibility index (Phi) is 12.5. The van der Waals surface area contributed by atoms with Crippen molar-refractivity contribution in [1.82, 2.24) is 10.6 Å². The van der Waals surface area contributed by atoms with Gasteiger partial charge in [-0.1, -0.05) is 24.3 Å². The summed E-state index contributed by atoms with van der Waals surface area (Å²) in [5.74, 6) is 1.65. The largest absolute Gasteiger partial charge is 0.491 e. The van der Waals surface area contributed by atoms with Crippen LogP contribution in [0.4, 0.5) is 0 Å². The fourth-order valence-corrected chi connectivity index (χ4v) is 3.16. The van der Waals surface area contributed by atoms with Crippen molar-refractivity contribution in [2.75, 3.05) is 39.5 Å². The van der Waals surface area contributed by atoms with Crippen molar-refractivity contribution in [3.8, 4) is 11.5 Å². The second-order valence-corrected chi connectivity index (χ2v) is 7.77. The standard InChI is InChI=1S/C26H36N2O5/c1-21(29)27-15-3-5-23-7-11-25(12-8-23)32-19-17-31-18-20-33-26-13-9-24(10-14-26)6-4-16-28-22(2)30/h7-14H,3-6,15-20H2,1-2H3,(H,27,29)(H,28,30). The smallest absolute Gasteiger partial charge is 0.216 e. The Labute approximate surface area is 196 Å². The van der Waals surface area contributed by atoms with Crippen LogP contribution in [0.1, 0.15) is 37.8 Å². The summed E-state index contributed by atoms with van der Waals surface area (Å²) >= 11 is 0. The van der Waals surface area contributed by atoms with Gasteiger partial charge in [-0.15, -0.1) is 0 Å². The van der Waals surface area contributed by atoms with Crippen LogP contribution in [-0.2, 0) is 27.2 Å². The van der Waals surface area contributed by atoms with Gasteiger partial charge in [0.25, 0.3) is 0 Å². The third-order valence-corrected chi connectivity index (χ3v) is 4.87. The van der Waals surface area contributed by atoms with Gasteiger partial charge in [-0.05, 0) is 61.1 Å². The Morgan fingerprint density at radius 2 is 1.03 bits per heavy atom. The minimum Gasteiger partial charge on any atom is -0.491 e. The van der Waals surface area contributed by atoms with Gasteiger partial charge in [0.2, 0.25) is 11.8 Å². The zero-order chi connectivity index (χ0) is 23.7. The van der Waals surface area contributed by atoms with Crippen molar-refractivity contribution in [2.24, 2.45) is 0 Å². The lowest BCUT2D eigenvalue weighted by atomic mass is 10.1. The number of hydrogen-bond acceptors (Lipinski definition) is 5. The van der Waals surface area contributed by atoms with E-state index >= 15 is 0 Å². The molecule has 0 aliphatic carbocycles. The summed E-state index contributed by atoms with van der Waals surface area (Å²) in [5.41, 5.74) is 2.44. The van der Waals surface area contributed by atoms with E-state index in [-0.39, 0.29) is 11.8 Å². The lowest BCUT2D eigenvalue weighted by Crippen LogP contribution is -2.21. The topological polar surface area (TPSA) is 85.9 Å². The molecule has 0 aliphatic heterocycles. The van der Waals surface area contributed by atoms with Crippen LogP contribution in [0.2, 0.25) is 0 Å². The number of ether oxygens (including phenoxy) is 3. The number of amides is 2. The van der Waals surface area contributed by atoms with E-state index < -0.39 is 0 Å². The van der Waals surface area contributed by atoms with Crippen LogP contribution in [0.5, 0.6) is 11.5 Å². The van der Waals surface area contributed by atoms with E-state index in [1.807, 2.05) is 48.5 Å². The van der Waals surface area contributed by atoms with E-state index in [0.717, 1.165) is 37.2 Å². The molecule has 0 bridgehead atoms. The fourth-order valence-electron chi connectivity index (χ4n) is 3.16. The van der Waals surface area contributed by atoms with Crippen molar-refractivity contribution in [3.63, 3.8) is 0 Å². The minimum absolute atomic E-state index is 0.00833. The van der Waals surface area contributed by atoms with Crippen LogP contribution >= 0.6 is 0 Å². The molecule has 2 aromatic rings. The Hall–Kier alpha value is -3.06. The molecule has 0 atom stereocenters. The summed E-state index contributed by atoms with van der Waals surface area (Å²) in [7, 11) is 0. The molecule has 0 aromatic heterocycles. The molecule has 7 heteroatoms. The van der Waals surface area contributed by atoms with Gasteiger partial charge in [-0.2, -0.15) is 0 Å². The second-order valence-electron chi connectivity index (χ2n) is 7.77. The molecule has 0 fully saturated rings. The summed E-state index contributed by atoms with van der Waals surface area (Å²) in [6, 6.07) is 16.0. The van der Waals surface area contributed by atoms with Crippen LogP contribution in [-0.4, -0.2) is 51.3 Å². The molecule has 180 valence electrons. The number of carbonyl (C=O) groups excluding carboxylic acids is 2. The molecule has 0 radical (unpaired) electrons. The normalized spacial score (nSPS) is 10.5. The zero-order valence-electron chi connectivity index (χ0n) is 19.7. The van der Waals surface area contributed by atoms with Crippen molar-refractivity contribution < 1.29 is 23.8 Å². The van der Waals surface area contributed by atoms with E-state index in [1.165, 1.54) is 25.0 Å².